The van der Waals surface area contributed by atoms with Crippen molar-refractivity contribution in [3.63, 3.8) is 0 Å². The lowest BCUT2D eigenvalue weighted by Gasteiger charge is -2.23. The van der Waals surface area contributed by atoms with Crippen molar-refractivity contribution in [3.05, 3.63) is 29.8 Å². The summed E-state index contributed by atoms with van der Waals surface area (Å²) in [6, 6.07) is -0.211. The Morgan fingerprint density at radius 1 is 1.30 bits per heavy atom. The number of aryl methyl sites for hydroxylation is 2. The first-order valence-corrected chi connectivity index (χ1v) is 7.97. The zero-order valence-electron chi connectivity index (χ0n) is 11.4. The van der Waals surface area contributed by atoms with Gasteiger partial charge in [0.05, 0.1) is 18.4 Å². The Morgan fingerprint density at radius 2 is 2.10 bits per heavy atom. The molecule has 0 aliphatic heterocycles. The van der Waals surface area contributed by atoms with E-state index in [1.54, 1.807) is 13.2 Å². The fraction of sp³-hybridized carbons (Fsp3) is 0.500. The van der Waals surface area contributed by atoms with E-state index in [1.165, 1.54) is 17.1 Å². The van der Waals surface area contributed by atoms with E-state index in [0.717, 1.165) is 30.5 Å². The third-order valence-corrected chi connectivity index (χ3v) is 5.09. The molecule has 0 spiro atoms. The zero-order chi connectivity index (χ0) is 14.3. The Labute approximate surface area is 117 Å². The quantitative estimate of drug-likeness (QED) is 0.894. The zero-order valence-corrected chi connectivity index (χ0v) is 12.3. The van der Waals surface area contributed by atoms with Crippen LogP contribution in [0, 0.1) is 0 Å². The van der Waals surface area contributed by atoms with Crippen LogP contribution in [0.1, 0.15) is 30.1 Å². The van der Waals surface area contributed by atoms with E-state index in [4.69, 9.17) is 0 Å². The van der Waals surface area contributed by atoms with Gasteiger partial charge in [0.15, 0.2) is 0 Å². The molecular weight excluding hydrogens is 278 g/mol. The van der Waals surface area contributed by atoms with Crippen LogP contribution in [0.15, 0.2) is 23.5 Å². The molecule has 7 nitrogen and oxygen atoms in total. The standard InChI is InChI=1S/C12H17N5O2S/c1-16-8-9(6-13-16)20(18,19)15-11-4-3-5-12-10(11)7-14-17(12)2/h6-8,11,15H,3-5H2,1-2H3. The Morgan fingerprint density at radius 3 is 2.80 bits per heavy atom. The van der Waals surface area contributed by atoms with Gasteiger partial charge in [-0.1, -0.05) is 0 Å². The molecule has 3 rings (SSSR count). The van der Waals surface area contributed by atoms with Gasteiger partial charge < -0.3 is 0 Å². The predicted molar refractivity (Wildman–Crippen MR) is 72.4 cm³/mol. The Kier molecular flexibility index (Phi) is 3.14. The van der Waals surface area contributed by atoms with Gasteiger partial charge in [0.2, 0.25) is 10.0 Å². The number of nitrogens with one attached hydrogen (secondary N) is 1. The molecule has 0 saturated heterocycles. The molecule has 108 valence electrons. The summed E-state index contributed by atoms with van der Waals surface area (Å²) in [4.78, 5) is 0.191. The van der Waals surface area contributed by atoms with Crippen LogP contribution in [0.5, 0.6) is 0 Å². The second kappa shape index (κ2) is 4.71. The van der Waals surface area contributed by atoms with Crippen molar-refractivity contribution in [1.82, 2.24) is 24.3 Å². The molecule has 1 aliphatic carbocycles. The average Bonchev–Trinajstić information content (AvgIpc) is 2.98. The van der Waals surface area contributed by atoms with E-state index < -0.39 is 10.0 Å². The van der Waals surface area contributed by atoms with Crippen molar-refractivity contribution in [2.45, 2.75) is 30.2 Å². The Hall–Kier alpha value is -1.67. The number of sulfonamides is 1. The third-order valence-electron chi connectivity index (χ3n) is 3.66. The first kappa shape index (κ1) is 13.3. The fourth-order valence-corrected chi connectivity index (χ4v) is 3.85. The number of fused-ring (bicyclic) bond motifs is 1. The van der Waals surface area contributed by atoms with E-state index in [9.17, 15) is 8.42 Å². The maximum atomic E-state index is 12.3. The minimum atomic E-state index is -3.54. The van der Waals surface area contributed by atoms with Gasteiger partial charge in [0.1, 0.15) is 4.90 Å². The van der Waals surface area contributed by atoms with Gasteiger partial charge in [0.25, 0.3) is 0 Å². The van der Waals surface area contributed by atoms with Crippen molar-refractivity contribution in [1.29, 1.82) is 0 Å². The molecule has 0 fully saturated rings. The highest BCUT2D eigenvalue weighted by molar-refractivity contribution is 7.89. The fourth-order valence-electron chi connectivity index (χ4n) is 2.62. The SMILES string of the molecule is Cn1cc(S(=O)(=O)NC2CCCc3c2cnn3C)cn1. The van der Waals surface area contributed by atoms with Crippen LogP contribution in [-0.2, 0) is 30.5 Å². The summed E-state index contributed by atoms with van der Waals surface area (Å²) >= 11 is 0. The summed E-state index contributed by atoms with van der Waals surface area (Å²) in [6.07, 6.45) is 7.29. The normalized spacial score (nSPS) is 19.0. The van der Waals surface area contributed by atoms with E-state index in [1.807, 2.05) is 11.7 Å². The van der Waals surface area contributed by atoms with E-state index >= 15 is 0 Å². The minimum absolute atomic E-state index is 0.191. The monoisotopic (exact) mass is 295 g/mol. The summed E-state index contributed by atoms with van der Waals surface area (Å²) < 4.78 is 30.7. The second-order valence-corrected chi connectivity index (χ2v) is 6.80. The van der Waals surface area contributed by atoms with Crippen molar-refractivity contribution in [2.75, 3.05) is 0 Å². The van der Waals surface area contributed by atoms with Gasteiger partial charge in [-0.05, 0) is 19.3 Å². The van der Waals surface area contributed by atoms with Crippen LogP contribution in [0.3, 0.4) is 0 Å². The number of rotatable bonds is 3. The molecule has 0 aromatic carbocycles. The van der Waals surface area contributed by atoms with Crippen molar-refractivity contribution in [2.24, 2.45) is 14.1 Å². The van der Waals surface area contributed by atoms with E-state index in [-0.39, 0.29) is 10.9 Å². The Balaban J connectivity index is 1.89. The smallest absolute Gasteiger partial charge is 0.244 e. The van der Waals surface area contributed by atoms with Crippen LogP contribution in [0.2, 0.25) is 0 Å². The van der Waals surface area contributed by atoms with E-state index in [2.05, 4.69) is 14.9 Å². The number of hydrogen-bond acceptors (Lipinski definition) is 4. The molecular formula is C12H17N5O2S. The molecule has 1 unspecified atom stereocenters. The summed E-state index contributed by atoms with van der Waals surface area (Å²) in [7, 11) is 0.0362. The topological polar surface area (TPSA) is 81.8 Å². The van der Waals surface area contributed by atoms with Gasteiger partial charge in [-0.25, -0.2) is 13.1 Å². The van der Waals surface area contributed by atoms with Gasteiger partial charge in [-0.15, -0.1) is 0 Å². The number of hydrogen-bond donors (Lipinski definition) is 1. The number of nitrogens with zero attached hydrogens (tertiary/aromatic N) is 4. The van der Waals surface area contributed by atoms with Gasteiger partial charge in [-0.3, -0.25) is 9.36 Å². The lowest BCUT2D eigenvalue weighted by Crippen LogP contribution is -2.30. The summed E-state index contributed by atoms with van der Waals surface area (Å²) in [6.45, 7) is 0. The molecule has 8 heteroatoms. The van der Waals surface area contributed by atoms with Crippen LogP contribution in [0.25, 0.3) is 0 Å². The van der Waals surface area contributed by atoms with Crippen molar-refractivity contribution >= 4 is 10.0 Å². The molecule has 2 aromatic rings. The molecule has 0 amide bonds. The van der Waals surface area contributed by atoms with Gasteiger partial charge in [0, 0.05) is 31.5 Å². The highest BCUT2D eigenvalue weighted by Gasteiger charge is 2.28. The molecule has 0 bridgehead atoms. The van der Waals surface area contributed by atoms with Crippen molar-refractivity contribution < 1.29 is 8.42 Å². The van der Waals surface area contributed by atoms with Crippen LogP contribution < -0.4 is 4.72 Å². The third kappa shape index (κ3) is 2.25. The highest BCUT2D eigenvalue weighted by Crippen LogP contribution is 2.30. The van der Waals surface area contributed by atoms with Gasteiger partial charge >= 0.3 is 0 Å². The Bertz CT molecular complexity index is 731. The molecule has 2 aromatic heterocycles. The van der Waals surface area contributed by atoms with Gasteiger partial charge in [-0.2, -0.15) is 10.2 Å². The van der Waals surface area contributed by atoms with E-state index in [0.29, 0.717) is 0 Å². The molecule has 1 atom stereocenters. The molecule has 1 N–H and O–H groups in total. The maximum absolute atomic E-state index is 12.3. The first-order chi connectivity index (χ1) is 9.47. The minimum Gasteiger partial charge on any atom is -0.274 e. The molecule has 0 saturated carbocycles. The van der Waals surface area contributed by atoms with Crippen LogP contribution in [-0.4, -0.2) is 28.0 Å². The predicted octanol–water partition coefficient (Wildman–Crippen LogP) is 0.509. The lowest BCUT2D eigenvalue weighted by atomic mass is 9.94. The van der Waals surface area contributed by atoms with Crippen LogP contribution in [0.4, 0.5) is 0 Å². The summed E-state index contributed by atoms with van der Waals surface area (Å²) in [5.74, 6) is 0. The first-order valence-electron chi connectivity index (χ1n) is 6.49. The molecule has 0 radical (unpaired) electrons. The van der Waals surface area contributed by atoms with Crippen LogP contribution >= 0.6 is 0 Å². The molecule has 2 heterocycles. The van der Waals surface area contributed by atoms with Crippen molar-refractivity contribution in [3.8, 4) is 0 Å². The average molecular weight is 295 g/mol. The number of aromatic nitrogens is 4. The molecule has 1 aliphatic rings. The largest absolute Gasteiger partial charge is 0.274 e. The highest BCUT2D eigenvalue weighted by atomic mass is 32.2. The lowest BCUT2D eigenvalue weighted by molar-refractivity contribution is 0.498. The second-order valence-electron chi connectivity index (χ2n) is 5.09. The molecule has 20 heavy (non-hydrogen) atoms. The maximum Gasteiger partial charge on any atom is 0.244 e. The summed E-state index contributed by atoms with van der Waals surface area (Å²) in [5.41, 5.74) is 2.08. The summed E-state index contributed by atoms with van der Waals surface area (Å²) in [5, 5.41) is 8.13.